The van der Waals surface area contributed by atoms with Crippen LogP contribution >= 0.6 is 0 Å². The molecule has 2 nitrogen and oxygen atoms in total. The molecule has 0 bridgehead atoms. The monoisotopic (exact) mass is 214 g/mol. The van der Waals surface area contributed by atoms with Crippen LogP contribution < -0.4 is 0 Å². The Morgan fingerprint density at radius 1 is 1.27 bits per heavy atom. The molecule has 4 unspecified atom stereocenters. The highest BCUT2D eigenvalue weighted by atomic mass is 16.3. The van der Waals surface area contributed by atoms with E-state index in [1.54, 1.807) is 0 Å². The Bertz CT molecular complexity index is 179. The maximum Gasteiger partial charge on any atom is 0.0593 e. The SMILES string of the molecule is CC(C)C1C(C)CCCC1C(O)CCO. The lowest BCUT2D eigenvalue weighted by Crippen LogP contribution is -2.38. The third kappa shape index (κ3) is 3.18. The molecule has 2 heteroatoms. The zero-order chi connectivity index (χ0) is 11.4. The Morgan fingerprint density at radius 2 is 1.93 bits per heavy atom. The fraction of sp³-hybridized carbons (Fsp3) is 1.00. The van der Waals surface area contributed by atoms with E-state index in [1.165, 1.54) is 12.8 Å². The van der Waals surface area contributed by atoms with E-state index < -0.39 is 0 Å². The summed E-state index contributed by atoms with van der Waals surface area (Å²) in [6, 6.07) is 0. The Morgan fingerprint density at radius 3 is 2.47 bits per heavy atom. The minimum absolute atomic E-state index is 0.108. The maximum absolute atomic E-state index is 10.1. The van der Waals surface area contributed by atoms with E-state index in [4.69, 9.17) is 5.11 Å². The minimum atomic E-state index is -0.301. The van der Waals surface area contributed by atoms with Gasteiger partial charge in [0, 0.05) is 6.61 Å². The normalized spacial score (nSPS) is 34.4. The fourth-order valence-corrected chi connectivity index (χ4v) is 3.43. The summed E-state index contributed by atoms with van der Waals surface area (Å²) in [5.74, 6) is 2.39. The number of aliphatic hydroxyl groups is 2. The van der Waals surface area contributed by atoms with Crippen molar-refractivity contribution in [3.8, 4) is 0 Å². The zero-order valence-corrected chi connectivity index (χ0v) is 10.3. The van der Waals surface area contributed by atoms with Crippen molar-refractivity contribution in [3.05, 3.63) is 0 Å². The molecule has 1 saturated carbocycles. The van der Waals surface area contributed by atoms with Crippen molar-refractivity contribution >= 4 is 0 Å². The second-order valence-electron chi connectivity index (χ2n) is 5.47. The standard InChI is InChI=1S/C13H26O2/c1-9(2)13-10(3)5-4-6-11(13)12(15)7-8-14/h9-15H,4-8H2,1-3H3. The van der Waals surface area contributed by atoms with Crippen LogP contribution in [0.3, 0.4) is 0 Å². The van der Waals surface area contributed by atoms with Crippen LogP contribution in [-0.2, 0) is 0 Å². The summed E-state index contributed by atoms with van der Waals surface area (Å²) in [4.78, 5) is 0. The van der Waals surface area contributed by atoms with Crippen LogP contribution in [0.25, 0.3) is 0 Å². The van der Waals surface area contributed by atoms with Crippen molar-refractivity contribution in [2.75, 3.05) is 6.61 Å². The maximum atomic E-state index is 10.1. The first-order valence-corrected chi connectivity index (χ1v) is 6.36. The molecule has 1 aliphatic rings. The molecule has 0 aromatic rings. The molecule has 0 aliphatic heterocycles. The topological polar surface area (TPSA) is 40.5 Å². The molecular weight excluding hydrogens is 188 g/mol. The first-order chi connectivity index (χ1) is 7.07. The summed E-state index contributed by atoms with van der Waals surface area (Å²) in [7, 11) is 0. The average molecular weight is 214 g/mol. The summed E-state index contributed by atoms with van der Waals surface area (Å²) in [5.41, 5.74) is 0. The van der Waals surface area contributed by atoms with Crippen LogP contribution in [0.15, 0.2) is 0 Å². The van der Waals surface area contributed by atoms with E-state index in [0.717, 1.165) is 12.3 Å². The van der Waals surface area contributed by atoms with Gasteiger partial charge in [0.2, 0.25) is 0 Å². The molecule has 0 spiro atoms. The first kappa shape index (κ1) is 13.0. The molecule has 0 aromatic heterocycles. The molecule has 15 heavy (non-hydrogen) atoms. The van der Waals surface area contributed by atoms with E-state index >= 15 is 0 Å². The largest absolute Gasteiger partial charge is 0.396 e. The van der Waals surface area contributed by atoms with Gasteiger partial charge in [0.1, 0.15) is 0 Å². The Balaban J connectivity index is 2.65. The van der Waals surface area contributed by atoms with Gasteiger partial charge in [0.15, 0.2) is 0 Å². The van der Waals surface area contributed by atoms with Crippen LogP contribution in [0.2, 0.25) is 0 Å². The molecule has 90 valence electrons. The van der Waals surface area contributed by atoms with Crippen LogP contribution in [0, 0.1) is 23.7 Å². The zero-order valence-electron chi connectivity index (χ0n) is 10.3. The molecule has 0 amide bonds. The quantitative estimate of drug-likeness (QED) is 0.754. The second-order valence-corrected chi connectivity index (χ2v) is 5.47. The van der Waals surface area contributed by atoms with Crippen molar-refractivity contribution in [2.45, 2.75) is 52.6 Å². The highest BCUT2D eigenvalue weighted by Gasteiger charge is 2.36. The highest BCUT2D eigenvalue weighted by molar-refractivity contribution is 4.85. The molecule has 0 heterocycles. The van der Waals surface area contributed by atoms with E-state index in [2.05, 4.69) is 20.8 Å². The third-order valence-electron chi connectivity index (χ3n) is 4.04. The van der Waals surface area contributed by atoms with Gasteiger partial charge in [-0.3, -0.25) is 0 Å². The Labute approximate surface area is 93.7 Å². The van der Waals surface area contributed by atoms with Crippen molar-refractivity contribution in [2.24, 2.45) is 23.7 Å². The summed E-state index contributed by atoms with van der Waals surface area (Å²) < 4.78 is 0. The van der Waals surface area contributed by atoms with Crippen molar-refractivity contribution < 1.29 is 10.2 Å². The average Bonchev–Trinajstić information content (AvgIpc) is 2.17. The lowest BCUT2D eigenvalue weighted by molar-refractivity contribution is -0.00648. The molecule has 4 atom stereocenters. The minimum Gasteiger partial charge on any atom is -0.396 e. The molecule has 0 aromatic carbocycles. The van der Waals surface area contributed by atoms with Crippen molar-refractivity contribution in [1.82, 2.24) is 0 Å². The highest BCUT2D eigenvalue weighted by Crippen LogP contribution is 2.41. The first-order valence-electron chi connectivity index (χ1n) is 6.36. The number of aliphatic hydroxyl groups excluding tert-OH is 2. The number of hydrogen-bond donors (Lipinski definition) is 2. The van der Waals surface area contributed by atoms with Gasteiger partial charge in [0.25, 0.3) is 0 Å². The molecule has 2 N–H and O–H groups in total. The van der Waals surface area contributed by atoms with Crippen molar-refractivity contribution in [1.29, 1.82) is 0 Å². The summed E-state index contributed by atoms with van der Waals surface area (Å²) in [5, 5.41) is 18.9. The fourth-order valence-electron chi connectivity index (χ4n) is 3.43. The van der Waals surface area contributed by atoms with Crippen LogP contribution in [0.4, 0.5) is 0 Å². The van der Waals surface area contributed by atoms with Gasteiger partial charge in [0.05, 0.1) is 6.10 Å². The summed E-state index contributed by atoms with van der Waals surface area (Å²) in [6.45, 7) is 6.93. The van der Waals surface area contributed by atoms with Gasteiger partial charge >= 0.3 is 0 Å². The third-order valence-corrected chi connectivity index (χ3v) is 4.04. The summed E-state index contributed by atoms with van der Waals surface area (Å²) >= 11 is 0. The smallest absolute Gasteiger partial charge is 0.0593 e. The van der Waals surface area contributed by atoms with E-state index in [0.29, 0.717) is 24.2 Å². The predicted octanol–water partition coefficient (Wildman–Crippen LogP) is 2.44. The lowest BCUT2D eigenvalue weighted by atomic mass is 9.65. The Kier molecular flexibility index (Phi) is 5.07. The van der Waals surface area contributed by atoms with Gasteiger partial charge in [-0.05, 0) is 36.5 Å². The lowest BCUT2D eigenvalue weighted by Gasteiger charge is -2.41. The molecule has 1 fully saturated rings. The molecule has 1 rings (SSSR count). The van der Waals surface area contributed by atoms with Crippen LogP contribution in [-0.4, -0.2) is 22.9 Å². The van der Waals surface area contributed by atoms with Gasteiger partial charge in [-0.1, -0.05) is 33.6 Å². The Hall–Kier alpha value is -0.0800. The van der Waals surface area contributed by atoms with Gasteiger partial charge in [-0.25, -0.2) is 0 Å². The van der Waals surface area contributed by atoms with Crippen LogP contribution in [0.5, 0.6) is 0 Å². The van der Waals surface area contributed by atoms with Crippen LogP contribution in [0.1, 0.15) is 46.5 Å². The second kappa shape index (κ2) is 5.86. The van der Waals surface area contributed by atoms with E-state index in [9.17, 15) is 5.11 Å². The van der Waals surface area contributed by atoms with Gasteiger partial charge in [-0.2, -0.15) is 0 Å². The number of hydrogen-bond acceptors (Lipinski definition) is 2. The summed E-state index contributed by atoms with van der Waals surface area (Å²) in [6.07, 6.45) is 3.91. The predicted molar refractivity (Wildman–Crippen MR) is 62.5 cm³/mol. The number of rotatable bonds is 4. The molecule has 1 aliphatic carbocycles. The molecule has 0 saturated heterocycles. The molecule has 0 radical (unpaired) electrons. The van der Waals surface area contributed by atoms with Gasteiger partial charge < -0.3 is 10.2 Å². The van der Waals surface area contributed by atoms with E-state index in [1.807, 2.05) is 0 Å². The van der Waals surface area contributed by atoms with E-state index in [-0.39, 0.29) is 12.7 Å². The van der Waals surface area contributed by atoms with Crippen molar-refractivity contribution in [3.63, 3.8) is 0 Å². The van der Waals surface area contributed by atoms with Gasteiger partial charge in [-0.15, -0.1) is 0 Å². The molecular formula is C13H26O2.